The summed E-state index contributed by atoms with van der Waals surface area (Å²) in [6, 6.07) is 8.50. The minimum atomic E-state index is 0.673. The van der Waals surface area contributed by atoms with Gasteiger partial charge >= 0.3 is 0 Å². The fourth-order valence-electron chi connectivity index (χ4n) is 3.08. The molecule has 0 spiro atoms. The van der Waals surface area contributed by atoms with E-state index in [2.05, 4.69) is 47.2 Å². The minimum Gasteiger partial charge on any atom is -0.378 e. The molecule has 1 aliphatic heterocycles. The van der Waals surface area contributed by atoms with Crippen LogP contribution in [0.3, 0.4) is 0 Å². The Morgan fingerprint density at radius 2 is 1.75 bits per heavy atom. The van der Waals surface area contributed by atoms with Gasteiger partial charge in [-0.05, 0) is 30.9 Å². The van der Waals surface area contributed by atoms with Crippen LogP contribution in [0.5, 0.6) is 0 Å². The summed E-state index contributed by atoms with van der Waals surface area (Å²) >= 11 is 0. The van der Waals surface area contributed by atoms with E-state index in [9.17, 15) is 0 Å². The average Bonchev–Trinajstić information content (AvgIpc) is 2.62. The molecule has 1 aromatic heterocycles. The third-order valence-electron chi connectivity index (χ3n) is 4.41. The highest BCUT2D eigenvalue weighted by molar-refractivity contribution is 5.64. The molecule has 0 bridgehead atoms. The summed E-state index contributed by atoms with van der Waals surface area (Å²) in [6.45, 7) is 9.63. The molecule has 1 saturated heterocycles. The summed E-state index contributed by atoms with van der Waals surface area (Å²) in [7, 11) is 0. The van der Waals surface area contributed by atoms with Crippen LogP contribution >= 0.6 is 0 Å². The van der Waals surface area contributed by atoms with Gasteiger partial charge in [0.25, 0.3) is 0 Å². The Kier molecular flexibility index (Phi) is 5.30. The number of morpholine rings is 1. The lowest BCUT2D eigenvalue weighted by molar-refractivity contribution is 0.122. The number of nitrogens with one attached hydrogen (secondary N) is 1. The first kappa shape index (κ1) is 16.7. The molecule has 5 heteroatoms. The first-order valence-electron chi connectivity index (χ1n) is 8.77. The molecule has 0 unspecified atom stereocenters. The van der Waals surface area contributed by atoms with E-state index in [4.69, 9.17) is 9.72 Å². The lowest BCUT2D eigenvalue weighted by Gasteiger charge is -2.28. The van der Waals surface area contributed by atoms with E-state index in [0.29, 0.717) is 5.95 Å². The largest absolute Gasteiger partial charge is 0.378 e. The number of aryl methyl sites for hydroxylation is 3. The maximum atomic E-state index is 5.44. The fourth-order valence-corrected chi connectivity index (χ4v) is 3.08. The number of rotatable bonds is 5. The van der Waals surface area contributed by atoms with Crippen molar-refractivity contribution in [3.63, 3.8) is 0 Å². The van der Waals surface area contributed by atoms with Gasteiger partial charge in [-0.2, -0.15) is 4.98 Å². The van der Waals surface area contributed by atoms with Gasteiger partial charge in [0.2, 0.25) is 5.95 Å². The zero-order valence-corrected chi connectivity index (χ0v) is 14.8. The Labute approximate surface area is 144 Å². The van der Waals surface area contributed by atoms with Crippen LogP contribution in [0, 0.1) is 6.92 Å². The van der Waals surface area contributed by atoms with Gasteiger partial charge in [0.1, 0.15) is 5.82 Å². The number of hydrogen-bond donors (Lipinski definition) is 1. The molecule has 3 rings (SSSR count). The van der Waals surface area contributed by atoms with Gasteiger partial charge in [0.05, 0.1) is 13.2 Å². The first-order chi connectivity index (χ1) is 11.7. The first-order valence-corrected chi connectivity index (χ1v) is 8.77. The summed E-state index contributed by atoms with van der Waals surface area (Å²) in [5, 5.41) is 3.48. The molecule has 5 nitrogen and oxygen atoms in total. The van der Waals surface area contributed by atoms with Crippen molar-refractivity contribution >= 4 is 17.5 Å². The quantitative estimate of drug-likeness (QED) is 0.911. The maximum Gasteiger partial charge on any atom is 0.229 e. The van der Waals surface area contributed by atoms with Gasteiger partial charge in [-0.25, -0.2) is 4.98 Å². The van der Waals surface area contributed by atoms with Gasteiger partial charge in [-0.1, -0.05) is 32.0 Å². The Morgan fingerprint density at radius 3 is 2.38 bits per heavy atom. The molecule has 128 valence electrons. The van der Waals surface area contributed by atoms with Crippen molar-refractivity contribution in [3.8, 4) is 0 Å². The van der Waals surface area contributed by atoms with Crippen molar-refractivity contribution in [1.82, 2.24) is 9.97 Å². The van der Waals surface area contributed by atoms with Crippen LogP contribution in [0.25, 0.3) is 0 Å². The molecule has 0 saturated carbocycles. The number of nitrogens with zero attached hydrogens (tertiary/aromatic N) is 3. The molecule has 1 aliphatic rings. The van der Waals surface area contributed by atoms with E-state index < -0.39 is 0 Å². The van der Waals surface area contributed by atoms with E-state index in [0.717, 1.165) is 56.3 Å². The molecular formula is C19H26N4O. The van der Waals surface area contributed by atoms with Gasteiger partial charge in [-0.15, -0.1) is 0 Å². The third kappa shape index (κ3) is 3.67. The standard InChI is InChI=1S/C19H26N4O/c1-4-15-7-6-8-16(5-2)18(15)22-19-20-14(3)13-17(21-19)23-9-11-24-12-10-23/h6-8,13H,4-5,9-12H2,1-3H3,(H,20,21,22). The van der Waals surface area contributed by atoms with Gasteiger partial charge in [0.15, 0.2) is 0 Å². The Hall–Kier alpha value is -2.14. The number of para-hydroxylation sites is 1. The van der Waals surface area contributed by atoms with Crippen LogP contribution in [0.1, 0.15) is 30.7 Å². The van der Waals surface area contributed by atoms with Gasteiger partial charge in [0, 0.05) is 30.5 Å². The summed E-state index contributed by atoms with van der Waals surface area (Å²) in [4.78, 5) is 11.6. The molecule has 1 aromatic carbocycles. The minimum absolute atomic E-state index is 0.673. The zero-order valence-electron chi connectivity index (χ0n) is 14.8. The third-order valence-corrected chi connectivity index (χ3v) is 4.41. The monoisotopic (exact) mass is 326 g/mol. The smallest absolute Gasteiger partial charge is 0.229 e. The van der Waals surface area contributed by atoms with Crippen LogP contribution in [0.4, 0.5) is 17.5 Å². The van der Waals surface area contributed by atoms with Crippen LogP contribution in [-0.2, 0) is 17.6 Å². The Balaban J connectivity index is 1.92. The van der Waals surface area contributed by atoms with Crippen molar-refractivity contribution < 1.29 is 4.74 Å². The van der Waals surface area contributed by atoms with E-state index >= 15 is 0 Å². The van der Waals surface area contributed by atoms with E-state index in [-0.39, 0.29) is 0 Å². The average molecular weight is 326 g/mol. The highest BCUT2D eigenvalue weighted by Crippen LogP contribution is 2.26. The Morgan fingerprint density at radius 1 is 1.08 bits per heavy atom. The van der Waals surface area contributed by atoms with E-state index in [1.165, 1.54) is 11.1 Å². The van der Waals surface area contributed by atoms with Crippen molar-refractivity contribution in [2.45, 2.75) is 33.6 Å². The van der Waals surface area contributed by atoms with Crippen molar-refractivity contribution in [2.24, 2.45) is 0 Å². The number of hydrogen-bond acceptors (Lipinski definition) is 5. The van der Waals surface area contributed by atoms with Gasteiger partial charge in [-0.3, -0.25) is 0 Å². The molecule has 1 fully saturated rings. The fraction of sp³-hybridized carbons (Fsp3) is 0.474. The number of anilines is 3. The maximum absolute atomic E-state index is 5.44. The van der Waals surface area contributed by atoms with Crippen LogP contribution in [0.15, 0.2) is 24.3 Å². The summed E-state index contributed by atoms with van der Waals surface area (Å²) in [6.07, 6.45) is 1.97. The van der Waals surface area contributed by atoms with Crippen molar-refractivity contribution in [2.75, 3.05) is 36.5 Å². The topological polar surface area (TPSA) is 50.3 Å². The van der Waals surface area contributed by atoms with Crippen LogP contribution in [-0.4, -0.2) is 36.3 Å². The Bertz CT molecular complexity index is 674. The van der Waals surface area contributed by atoms with Crippen LogP contribution in [0.2, 0.25) is 0 Å². The van der Waals surface area contributed by atoms with Crippen molar-refractivity contribution in [3.05, 3.63) is 41.1 Å². The molecule has 1 N–H and O–H groups in total. The molecule has 0 aliphatic carbocycles. The normalized spacial score (nSPS) is 14.7. The second-order valence-electron chi connectivity index (χ2n) is 6.07. The molecule has 0 amide bonds. The summed E-state index contributed by atoms with van der Waals surface area (Å²) in [5.74, 6) is 1.65. The van der Waals surface area contributed by atoms with Crippen molar-refractivity contribution in [1.29, 1.82) is 0 Å². The predicted molar refractivity (Wildman–Crippen MR) is 98.3 cm³/mol. The molecule has 2 heterocycles. The second-order valence-corrected chi connectivity index (χ2v) is 6.07. The molecule has 24 heavy (non-hydrogen) atoms. The summed E-state index contributed by atoms with van der Waals surface area (Å²) in [5.41, 5.74) is 4.72. The summed E-state index contributed by atoms with van der Waals surface area (Å²) < 4.78 is 5.44. The van der Waals surface area contributed by atoms with Crippen LogP contribution < -0.4 is 10.2 Å². The number of benzene rings is 1. The van der Waals surface area contributed by atoms with Gasteiger partial charge < -0.3 is 15.0 Å². The van der Waals surface area contributed by atoms with E-state index in [1.54, 1.807) is 0 Å². The van der Waals surface area contributed by atoms with E-state index in [1.807, 2.05) is 13.0 Å². The zero-order chi connectivity index (χ0) is 16.9. The molecule has 0 atom stereocenters. The molecule has 2 aromatic rings. The number of ether oxygens (including phenoxy) is 1. The lowest BCUT2D eigenvalue weighted by atomic mass is 10.0. The SMILES string of the molecule is CCc1cccc(CC)c1Nc1nc(C)cc(N2CCOCC2)n1. The molecule has 0 radical (unpaired) electrons. The number of aromatic nitrogens is 2. The highest BCUT2D eigenvalue weighted by Gasteiger charge is 2.15. The lowest BCUT2D eigenvalue weighted by Crippen LogP contribution is -2.36. The predicted octanol–water partition coefficient (Wildman–Crippen LogP) is 3.49. The second kappa shape index (κ2) is 7.62. The molecular weight excluding hydrogens is 300 g/mol. The highest BCUT2D eigenvalue weighted by atomic mass is 16.5.